The van der Waals surface area contributed by atoms with Crippen LogP contribution in [0.4, 0.5) is 0 Å². The number of nitrogens with two attached hydrogens (primary N) is 1. The molecule has 0 spiro atoms. The van der Waals surface area contributed by atoms with Crippen LogP contribution in [0.1, 0.15) is 5.69 Å². The molecule has 0 fully saturated rings. The maximum absolute atomic E-state index is 7.18. The third-order valence-electron chi connectivity index (χ3n) is 1.43. The molecule has 0 saturated carbocycles. The van der Waals surface area contributed by atoms with Crippen LogP contribution in [0.15, 0.2) is 18.6 Å². The first-order valence-corrected chi connectivity index (χ1v) is 3.28. The maximum atomic E-state index is 7.18. The summed E-state index contributed by atoms with van der Waals surface area (Å²) in [4.78, 5) is 7.83. The van der Waals surface area contributed by atoms with Crippen molar-refractivity contribution in [2.45, 2.75) is 0 Å². The fourth-order valence-electron chi connectivity index (χ4n) is 0.918. The Morgan fingerprint density at radius 2 is 2.25 bits per heavy atom. The van der Waals surface area contributed by atoms with Gasteiger partial charge in [0.2, 0.25) is 0 Å². The van der Waals surface area contributed by atoms with Crippen LogP contribution < -0.4 is 5.73 Å². The zero-order valence-electron chi connectivity index (χ0n) is 6.10. The van der Waals surface area contributed by atoms with Gasteiger partial charge in [-0.2, -0.15) is 9.61 Å². The molecule has 0 aliphatic heterocycles. The highest BCUT2D eigenvalue weighted by Crippen LogP contribution is 1.98. The average Bonchev–Trinajstić information content (AvgIpc) is 2.47. The van der Waals surface area contributed by atoms with Crippen molar-refractivity contribution in [1.82, 2.24) is 19.6 Å². The zero-order chi connectivity index (χ0) is 8.55. The van der Waals surface area contributed by atoms with E-state index in [4.69, 9.17) is 11.1 Å². The van der Waals surface area contributed by atoms with Crippen LogP contribution >= 0.6 is 0 Å². The smallest absolute Gasteiger partial charge is 0.251 e. The normalized spacial score (nSPS) is 10.3. The third-order valence-corrected chi connectivity index (χ3v) is 1.43. The van der Waals surface area contributed by atoms with E-state index in [1.807, 2.05) is 0 Å². The molecule has 0 aromatic carbocycles. The van der Waals surface area contributed by atoms with Gasteiger partial charge in [-0.15, -0.1) is 0 Å². The Bertz CT molecular complexity index is 430. The molecule has 0 saturated heterocycles. The molecule has 6 nitrogen and oxygen atoms in total. The Hall–Kier alpha value is -1.98. The predicted octanol–water partition coefficient (Wildman–Crippen LogP) is -0.592. The van der Waals surface area contributed by atoms with E-state index in [0.717, 1.165) is 0 Å². The van der Waals surface area contributed by atoms with Gasteiger partial charge >= 0.3 is 0 Å². The van der Waals surface area contributed by atoms with E-state index < -0.39 is 0 Å². The van der Waals surface area contributed by atoms with Crippen LogP contribution in [0, 0.1) is 5.41 Å². The van der Waals surface area contributed by atoms with Crippen molar-refractivity contribution in [2.75, 3.05) is 0 Å². The van der Waals surface area contributed by atoms with E-state index >= 15 is 0 Å². The van der Waals surface area contributed by atoms with Crippen LogP contribution in [-0.2, 0) is 0 Å². The Balaban J connectivity index is 2.79. The molecule has 0 radical (unpaired) electrons. The van der Waals surface area contributed by atoms with Crippen molar-refractivity contribution in [2.24, 2.45) is 5.73 Å². The van der Waals surface area contributed by atoms with Gasteiger partial charge < -0.3 is 5.73 Å². The molecular weight excluding hydrogens is 156 g/mol. The van der Waals surface area contributed by atoms with E-state index in [1.165, 1.54) is 23.1 Å². The molecule has 0 atom stereocenters. The number of hydrogen-bond acceptors (Lipinski definition) is 4. The summed E-state index contributed by atoms with van der Waals surface area (Å²) in [6, 6.07) is 0. The highest BCUT2D eigenvalue weighted by Gasteiger charge is 2.05. The van der Waals surface area contributed by atoms with Crippen molar-refractivity contribution >= 4 is 11.6 Å². The summed E-state index contributed by atoms with van der Waals surface area (Å²) >= 11 is 0. The second-order valence-corrected chi connectivity index (χ2v) is 2.21. The summed E-state index contributed by atoms with van der Waals surface area (Å²) in [6.07, 6.45) is 4.52. The van der Waals surface area contributed by atoms with E-state index in [0.29, 0.717) is 11.5 Å². The fraction of sp³-hybridized carbons (Fsp3) is 0. The summed E-state index contributed by atoms with van der Waals surface area (Å²) < 4.78 is 1.42. The quantitative estimate of drug-likeness (QED) is 0.433. The first kappa shape index (κ1) is 6.71. The van der Waals surface area contributed by atoms with Crippen LogP contribution in [0.3, 0.4) is 0 Å². The number of fused-ring (bicyclic) bond motifs is 1. The average molecular weight is 162 g/mol. The number of hydrogen-bond donors (Lipinski definition) is 2. The lowest BCUT2D eigenvalue weighted by Gasteiger charge is -1.94. The number of amidine groups is 1. The molecule has 0 bridgehead atoms. The summed E-state index contributed by atoms with van der Waals surface area (Å²) in [5, 5.41) is 11.1. The lowest BCUT2D eigenvalue weighted by Crippen LogP contribution is -2.14. The molecule has 0 amide bonds. The van der Waals surface area contributed by atoms with Gasteiger partial charge in [0.15, 0.2) is 0 Å². The van der Waals surface area contributed by atoms with Gasteiger partial charge in [-0.3, -0.25) is 5.41 Å². The highest BCUT2D eigenvalue weighted by molar-refractivity contribution is 5.93. The Morgan fingerprint density at radius 1 is 1.42 bits per heavy atom. The number of nitrogen functional groups attached to an aromatic ring is 1. The van der Waals surface area contributed by atoms with Gasteiger partial charge in [0, 0.05) is 0 Å². The SMILES string of the molecule is N=C(N)c1cnc2nccnn12. The molecule has 60 valence electrons. The first-order chi connectivity index (χ1) is 5.79. The first-order valence-electron chi connectivity index (χ1n) is 3.28. The standard InChI is InChI=1S/C6H6N6/c7-5(8)4-3-10-6-9-1-2-11-12(4)6/h1-3H,(H3,7,8). The molecule has 3 N–H and O–H groups in total. The summed E-state index contributed by atoms with van der Waals surface area (Å²) in [5.74, 6) is 0.380. The zero-order valence-corrected chi connectivity index (χ0v) is 6.10. The van der Waals surface area contributed by atoms with Crippen LogP contribution in [0.25, 0.3) is 5.78 Å². The lowest BCUT2D eigenvalue weighted by atomic mass is 10.4. The molecule has 2 aromatic rings. The number of aromatic nitrogens is 4. The van der Waals surface area contributed by atoms with Crippen LogP contribution in [0.5, 0.6) is 0 Å². The van der Waals surface area contributed by atoms with Gasteiger partial charge in [-0.1, -0.05) is 0 Å². The van der Waals surface area contributed by atoms with Gasteiger partial charge in [0.1, 0.15) is 11.5 Å². The molecule has 0 aliphatic rings. The number of rotatable bonds is 1. The molecule has 2 rings (SSSR count). The van der Waals surface area contributed by atoms with Gasteiger partial charge in [0.25, 0.3) is 5.78 Å². The van der Waals surface area contributed by atoms with E-state index in [-0.39, 0.29) is 5.84 Å². The van der Waals surface area contributed by atoms with Crippen molar-refractivity contribution < 1.29 is 0 Å². The molecule has 0 unspecified atom stereocenters. The van der Waals surface area contributed by atoms with Crippen molar-refractivity contribution in [3.63, 3.8) is 0 Å². The number of nitrogens with zero attached hydrogens (tertiary/aromatic N) is 4. The van der Waals surface area contributed by atoms with Gasteiger partial charge in [-0.25, -0.2) is 9.97 Å². The van der Waals surface area contributed by atoms with Gasteiger partial charge in [0.05, 0.1) is 18.6 Å². The van der Waals surface area contributed by atoms with Crippen molar-refractivity contribution in [3.05, 3.63) is 24.3 Å². The largest absolute Gasteiger partial charge is 0.382 e. The topological polar surface area (TPSA) is 93.0 Å². The van der Waals surface area contributed by atoms with E-state index in [9.17, 15) is 0 Å². The molecule has 0 aliphatic carbocycles. The summed E-state index contributed by atoms with van der Waals surface area (Å²) in [6.45, 7) is 0. The van der Waals surface area contributed by atoms with Crippen LogP contribution in [-0.4, -0.2) is 25.4 Å². The number of nitrogens with one attached hydrogen (secondary N) is 1. The van der Waals surface area contributed by atoms with E-state index in [1.54, 1.807) is 0 Å². The Kier molecular flexibility index (Phi) is 1.26. The summed E-state index contributed by atoms with van der Waals surface area (Å²) in [5.41, 5.74) is 5.74. The van der Waals surface area contributed by atoms with Gasteiger partial charge in [-0.05, 0) is 0 Å². The molecule has 12 heavy (non-hydrogen) atoms. The van der Waals surface area contributed by atoms with E-state index in [2.05, 4.69) is 15.1 Å². The molecule has 2 heterocycles. The Morgan fingerprint density at radius 3 is 3.00 bits per heavy atom. The highest BCUT2D eigenvalue weighted by atomic mass is 15.3. The molecular formula is C6H6N6. The third kappa shape index (κ3) is 0.815. The lowest BCUT2D eigenvalue weighted by molar-refractivity contribution is 0.891. The molecule has 2 aromatic heterocycles. The minimum Gasteiger partial charge on any atom is -0.382 e. The minimum atomic E-state index is -0.0667. The fourth-order valence-corrected chi connectivity index (χ4v) is 0.918. The predicted molar refractivity (Wildman–Crippen MR) is 41.8 cm³/mol. The van der Waals surface area contributed by atoms with Crippen LogP contribution in [0.2, 0.25) is 0 Å². The molecule has 6 heteroatoms. The maximum Gasteiger partial charge on any atom is 0.251 e. The minimum absolute atomic E-state index is 0.0667. The van der Waals surface area contributed by atoms with Crippen molar-refractivity contribution in [3.8, 4) is 0 Å². The number of imidazole rings is 1. The summed E-state index contributed by atoms with van der Waals surface area (Å²) in [7, 11) is 0. The second-order valence-electron chi connectivity index (χ2n) is 2.21. The Labute approximate surface area is 67.6 Å². The monoisotopic (exact) mass is 162 g/mol. The van der Waals surface area contributed by atoms with Crippen molar-refractivity contribution in [1.29, 1.82) is 5.41 Å². The second kappa shape index (κ2) is 2.26.